The van der Waals surface area contributed by atoms with Gasteiger partial charge in [0.25, 0.3) is 0 Å². The van der Waals surface area contributed by atoms with Crippen LogP contribution in [0.1, 0.15) is 0 Å². The van der Waals surface area contributed by atoms with Crippen LogP contribution in [-0.2, 0) is 0 Å². The number of aromatic hydroxyl groups is 1. The Morgan fingerprint density at radius 3 is 3.09 bits per heavy atom. The number of imidazole rings is 1. The molecule has 1 aromatic heterocycles. The highest BCUT2D eigenvalue weighted by molar-refractivity contribution is 6.31. The summed E-state index contributed by atoms with van der Waals surface area (Å²) in [4.78, 5) is 6.74. The summed E-state index contributed by atoms with van der Waals surface area (Å²) < 4.78 is 0. The normalized spacial score (nSPS) is 10.6. The number of aromatic nitrogens is 2. The summed E-state index contributed by atoms with van der Waals surface area (Å²) >= 11 is 5.67. The maximum Gasteiger partial charge on any atom is 0.144 e. The summed E-state index contributed by atoms with van der Waals surface area (Å²) in [7, 11) is 0. The second kappa shape index (κ2) is 2.13. The molecule has 0 atom stereocenters. The number of halogens is 1. The average molecular weight is 169 g/mol. The van der Waals surface area contributed by atoms with Crippen molar-refractivity contribution in [3.63, 3.8) is 0 Å². The molecule has 0 saturated heterocycles. The highest BCUT2D eigenvalue weighted by atomic mass is 35.5. The van der Waals surface area contributed by atoms with Crippen molar-refractivity contribution < 1.29 is 5.11 Å². The molecular weight excluding hydrogens is 164 g/mol. The molecule has 1 heterocycles. The van der Waals surface area contributed by atoms with E-state index in [-0.39, 0.29) is 5.75 Å². The standard InChI is InChI=1S/C7H5ClN2O/c8-4-1-5-7(6(11)2-4)10-3-9-5/h1-3,11H,(H,9,10). The third-order valence-electron chi connectivity index (χ3n) is 1.47. The van der Waals surface area contributed by atoms with Crippen LogP contribution in [0.2, 0.25) is 5.02 Å². The van der Waals surface area contributed by atoms with Crippen molar-refractivity contribution in [1.29, 1.82) is 0 Å². The highest BCUT2D eigenvalue weighted by Gasteiger charge is 2.02. The van der Waals surface area contributed by atoms with Gasteiger partial charge in [-0.1, -0.05) is 11.6 Å². The molecule has 1 aromatic carbocycles. The molecule has 2 rings (SSSR count). The number of phenolic OH excluding ortho intramolecular Hbond substituents is 1. The van der Waals surface area contributed by atoms with Crippen LogP contribution in [0.25, 0.3) is 11.0 Å². The molecule has 0 aliphatic heterocycles. The van der Waals surface area contributed by atoms with Crippen molar-refractivity contribution in [1.82, 2.24) is 9.97 Å². The largest absolute Gasteiger partial charge is 0.506 e. The molecule has 0 radical (unpaired) electrons. The number of phenols is 1. The van der Waals surface area contributed by atoms with E-state index in [1.165, 1.54) is 12.4 Å². The van der Waals surface area contributed by atoms with Crippen LogP contribution in [0.4, 0.5) is 0 Å². The van der Waals surface area contributed by atoms with Crippen LogP contribution in [0, 0.1) is 0 Å². The third-order valence-corrected chi connectivity index (χ3v) is 1.69. The number of aromatic amines is 1. The minimum Gasteiger partial charge on any atom is -0.506 e. The summed E-state index contributed by atoms with van der Waals surface area (Å²) in [6.07, 6.45) is 1.51. The average Bonchev–Trinajstić information content (AvgIpc) is 2.34. The SMILES string of the molecule is Oc1cc(Cl)cc2[nH]cnc12. The van der Waals surface area contributed by atoms with Crippen LogP contribution in [-0.4, -0.2) is 15.1 Å². The Morgan fingerprint density at radius 1 is 1.45 bits per heavy atom. The third kappa shape index (κ3) is 0.935. The monoisotopic (exact) mass is 168 g/mol. The van der Waals surface area contributed by atoms with Crippen molar-refractivity contribution in [2.45, 2.75) is 0 Å². The summed E-state index contributed by atoms with van der Waals surface area (Å²) in [6.45, 7) is 0. The molecule has 0 unspecified atom stereocenters. The Balaban J connectivity index is 2.91. The van der Waals surface area contributed by atoms with Gasteiger partial charge in [-0.15, -0.1) is 0 Å². The number of hydrogen-bond acceptors (Lipinski definition) is 2. The van der Waals surface area contributed by atoms with Crippen molar-refractivity contribution >= 4 is 22.6 Å². The molecule has 2 aromatic rings. The van der Waals surface area contributed by atoms with E-state index in [0.29, 0.717) is 10.5 Å². The van der Waals surface area contributed by atoms with E-state index in [2.05, 4.69) is 9.97 Å². The summed E-state index contributed by atoms with van der Waals surface area (Å²) in [6, 6.07) is 3.17. The molecule has 0 saturated carbocycles. The van der Waals surface area contributed by atoms with E-state index in [4.69, 9.17) is 11.6 Å². The molecule has 0 aliphatic carbocycles. The topological polar surface area (TPSA) is 48.9 Å². The van der Waals surface area contributed by atoms with E-state index < -0.39 is 0 Å². The van der Waals surface area contributed by atoms with Crippen LogP contribution < -0.4 is 0 Å². The molecule has 0 fully saturated rings. The molecule has 56 valence electrons. The van der Waals surface area contributed by atoms with Gasteiger partial charge >= 0.3 is 0 Å². The number of nitrogens with one attached hydrogen (secondary N) is 1. The first kappa shape index (κ1) is 6.49. The summed E-state index contributed by atoms with van der Waals surface area (Å²) in [5.41, 5.74) is 1.30. The number of rotatable bonds is 0. The van der Waals surface area contributed by atoms with Crippen LogP contribution in [0.3, 0.4) is 0 Å². The van der Waals surface area contributed by atoms with Gasteiger partial charge in [-0.2, -0.15) is 0 Å². The predicted molar refractivity (Wildman–Crippen MR) is 42.8 cm³/mol. The van der Waals surface area contributed by atoms with Gasteiger partial charge in [-0.3, -0.25) is 0 Å². The molecular formula is C7H5ClN2O. The molecule has 4 heteroatoms. The Hall–Kier alpha value is -1.22. The van der Waals surface area contributed by atoms with Gasteiger partial charge in [0.1, 0.15) is 11.3 Å². The summed E-state index contributed by atoms with van der Waals surface area (Å²) in [5, 5.41) is 9.77. The smallest absolute Gasteiger partial charge is 0.144 e. The first-order chi connectivity index (χ1) is 5.27. The quantitative estimate of drug-likeness (QED) is 0.632. The van der Waals surface area contributed by atoms with Crippen molar-refractivity contribution in [3.05, 3.63) is 23.5 Å². The van der Waals surface area contributed by atoms with Crippen molar-refractivity contribution in [2.75, 3.05) is 0 Å². The van der Waals surface area contributed by atoms with Gasteiger partial charge in [0.15, 0.2) is 0 Å². The number of benzene rings is 1. The lowest BCUT2D eigenvalue weighted by molar-refractivity contribution is 0.480. The molecule has 0 amide bonds. The Bertz CT molecular complexity index is 396. The van der Waals surface area contributed by atoms with Crippen molar-refractivity contribution in [2.24, 2.45) is 0 Å². The Kier molecular flexibility index (Phi) is 1.26. The summed E-state index contributed by atoms with van der Waals surface area (Å²) in [5.74, 6) is 0.105. The fraction of sp³-hybridized carbons (Fsp3) is 0. The molecule has 0 spiro atoms. The zero-order chi connectivity index (χ0) is 7.84. The van der Waals surface area contributed by atoms with Crippen LogP contribution in [0.15, 0.2) is 18.5 Å². The van der Waals surface area contributed by atoms with Gasteiger partial charge in [0.2, 0.25) is 0 Å². The van der Waals surface area contributed by atoms with Gasteiger partial charge in [-0.25, -0.2) is 4.98 Å². The second-order valence-corrected chi connectivity index (χ2v) is 2.66. The number of H-pyrrole nitrogens is 1. The molecule has 0 bridgehead atoms. The number of fused-ring (bicyclic) bond motifs is 1. The predicted octanol–water partition coefficient (Wildman–Crippen LogP) is 1.92. The molecule has 3 nitrogen and oxygen atoms in total. The highest BCUT2D eigenvalue weighted by Crippen LogP contribution is 2.25. The lowest BCUT2D eigenvalue weighted by atomic mass is 10.3. The van der Waals surface area contributed by atoms with Crippen LogP contribution >= 0.6 is 11.6 Å². The van der Waals surface area contributed by atoms with Crippen molar-refractivity contribution in [3.8, 4) is 5.75 Å². The minimum absolute atomic E-state index is 0.105. The van der Waals surface area contributed by atoms with E-state index in [1.54, 1.807) is 6.07 Å². The van der Waals surface area contributed by atoms with E-state index in [9.17, 15) is 5.11 Å². The Labute approximate surface area is 67.6 Å². The lowest BCUT2D eigenvalue weighted by Crippen LogP contribution is -1.71. The van der Waals surface area contributed by atoms with Gasteiger partial charge < -0.3 is 10.1 Å². The minimum atomic E-state index is 0.105. The lowest BCUT2D eigenvalue weighted by Gasteiger charge is -1.93. The zero-order valence-electron chi connectivity index (χ0n) is 5.50. The maximum absolute atomic E-state index is 9.27. The maximum atomic E-state index is 9.27. The molecule has 11 heavy (non-hydrogen) atoms. The fourth-order valence-electron chi connectivity index (χ4n) is 0.997. The Morgan fingerprint density at radius 2 is 2.27 bits per heavy atom. The number of hydrogen-bond donors (Lipinski definition) is 2. The van der Waals surface area contributed by atoms with Gasteiger partial charge in [0, 0.05) is 11.1 Å². The molecule has 0 aliphatic rings. The number of nitrogens with zero attached hydrogens (tertiary/aromatic N) is 1. The van der Waals surface area contributed by atoms with Gasteiger partial charge in [-0.05, 0) is 6.07 Å². The van der Waals surface area contributed by atoms with E-state index >= 15 is 0 Å². The van der Waals surface area contributed by atoms with Crippen LogP contribution in [0.5, 0.6) is 5.75 Å². The first-order valence-electron chi connectivity index (χ1n) is 3.09. The second-order valence-electron chi connectivity index (χ2n) is 2.22. The first-order valence-corrected chi connectivity index (χ1v) is 3.47. The zero-order valence-corrected chi connectivity index (χ0v) is 6.26. The van der Waals surface area contributed by atoms with E-state index in [1.807, 2.05) is 0 Å². The van der Waals surface area contributed by atoms with E-state index in [0.717, 1.165) is 5.52 Å². The van der Waals surface area contributed by atoms with Gasteiger partial charge in [0.05, 0.1) is 11.8 Å². The molecule has 2 N–H and O–H groups in total. The fourth-order valence-corrected chi connectivity index (χ4v) is 1.21.